The summed E-state index contributed by atoms with van der Waals surface area (Å²) in [5, 5.41) is 11.1. The predicted octanol–water partition coefficient (Wildman–Crippen LogP) is 1.93. The summed E-state index contributed by atoms with van der Waals surface area (Å²) < 4.78 is 1.96. The van der Waals surface area contributed by atoms with E-state index < -0.39 is 0 Å². The van der Waals surface area contributed by atoms with Crippen LogP contribution in [0.2, 0.25) is 0 Å². The Labute approximate surface area is 157 Å². The molecule has 23 heavy (non-hydrogen) atoms. The van der Waals surface area contributed by atoms with Crippen molar-refractivity contribution in [1.82, 2.24) is 25.3 Å². The summed E-state index contributed by atoms with van der Waals surface area (Å²) in [7, 11) is 1.83. The van der Waals surface area contributed by atoms with Gasteiger partial charge >= 0.3 is 0 Å². The SMILES string of the molecule is CCN1CCCCC1CNC(=NC)NCCCn1cccn1.I. The lowest BCUT2D eigenvalue weighted by Gasteiger charge is -2.35. The van der Waals surface area contributed by atoms with Crippen molar-refractivity contribution in [1.29, 1.82) is 0 Å². The van der Waals surface area contributed by atoms with Crippen molar-refractivity contribution in [2.45, 2.75) is 45.2 Å². The third-order valence-corrected chi connectivity index (χ3v) is 4.30. The maximum Gasteiger partial charge on any atom is 0.191 e. The van der Waals surface area contributed by atoms with Gasteiger partial charge in [-0.2, -0.15) is 5.10 Å². The van der Waals surface area contributed by atoms with Crippen molar-refractivity contribution in [2.75, 3.05) is 33.2 Å². The van der Waals surface area contributed by atoms with E-state index in [0.29, 0.717) is 6.04 Å². The molecule has 2 N–H and O–H groups in total. The van der Waals surface area contributed by atoms with Gasteiger partial charge in [-0.15, -0.1) is 24.0 Å². The molecule has 0 saturated carbocycles. The van der Waals surface area contributed by atoms with E-state index in [0.717, 1.165) is 38.6 Å². The molecular weight excluding hydrogens is 403 g/mol. The van der Waals surface area contributed by atoms with Crippen LogP contribution in [0.5, 0.6) is 0 Å². The fraction of sp³-hybridized carbons (Fsp3) is 0.750. The molecule has 6 nitrogen and oxygen atoms in total. The minimum atomic E-state index is 0. The Hall–Kier alpha value is -0.830. The summed E-state index contributed by atoms with van der Waals surface area (Å²) in [6.45, 7) is 7.44. The number of likely N-dealkylation sites (N-methyl/N-ethyl adjacent to an activating group) is 1. The second kappa shape index (κ2) is 11.7. The molecular formula is C16H31IN6. The Morgan fingerprint density at radius 2 is 2.22 bits per heavy atom. The van der Waals surface area contributed by atoms with Gasteiger partial charge < -0.3 is 10.6 Å². The van der Waals surface area contributed by atoms with Crippen LogP contribution in [0.15, 0.2) is 23.5 Å². The molecule has 0 aromatic carbocycles. The first-order valence-corrected chi connectivity index (χ1v) is 8.49. The van der Waals surface area contributed by atoms with E-state index in [2.05, 4.69) is 32.5 Å². The van der Waals surface area contributed by atoms with Gasteiger partial charge in [0.25, 0.3) is 0 Å². The third-order valence-electron chi connectivity index (χ3n) is 4.30. The van der Waals surface area contributed by atoms with E-state index in [-0.39, 0.29) is 24.0 Å². The van der Waals surface area contributed by atoms with Crippen molar-refractivity contribution in [2.24, 2.45) is 4.99 Å². The molecule has 7 heteroatoms. The largest absolute Gasteiger partial charge is 0.356 e. The van der Waals surface area contributed by atoms with Gasteiger partial charge in [-0.25, -0.2) is 0 Å². The van der Waals surface area contributed by atoms with Gasteiger partial charge in [-0.05, 0) is 38.4 Å². The van der Waals surface area contributed by atoms with E-state index in [1.165, 1.54) is 25.8 Å². The van der Waals surface area contributed by atoms with E-state index in [9.17, 15) is 0 Å². The number of likely N-dealkylation sites (tertiary alicyclic amines) is 1. The van der Waals surface area contributed by atoms with Gasteiger partial charge in [0.2, 0.25) is 0 Å². The summed E-state index contributed by atoms with van der Waals surface area (Å²) in [5.74, 6) is 0.905. The predicted molar refractivity (Wildman–Crippen MR) is 107 cm³/mol. The minimum absolute atomic E-state index is 0. The standard InChI is InChI=1S/C16H30N6.HI/c1-3-21-11-5-4-8-15(21)14-19-16(17-2)18-9-6-12-22-13-7-10-20-22;/h7,10,13,15H,3-6,8-9,11-12,14H2,1-2H3,(H2,17,18,19);1H. The second-order valence-electron chi connectivity index (χ2n) is 5.78. The van der Waals surface area contributed by atoms with Crippen LogP contribution in [0.3, 0.4) is 0 Å². The molecule has 1 saturated heterocycles. The molecule has 1 unspecified atom stereocenters. The Morgan fingerprint density at radius 3 is 2.91 bits per heavy atom. The molecule has 1 atom stereocenters. The second-order valence-corrected chi connectivity index (χ2v) is 5.78. The van der Waals surface area contributed by atoms with Crippen LogP contribution >= 0.6 is 24.0 Å². The van der Waals surface area contributed by atoms with Crippen molar-refractivity contribution >= 4 is 29.9 Å². The third kappa shape index (κ3) is 7.07. The molecule has 0 spiro atoms. The molecule has 0 amide bonds. The molecule has 132 valence electrons. The zero-order chi connectivity index (χ0) is 15.6. The molecule has 0 aliphatic carbocycles. The molecule has 0 radical (unpaired) electrons. The Bertz CT molecular complexity index is 434. The number of aromatic nitrogens is 2. The summed E-state index contributed by atoms with van der Waals surface area (Å²) in [4.78, 5) is 6.88. The number of hydrogen-bond acceptors (Lipinski definition) is 3. The average molecular weight is 434 g/mol. The zero-order valence-electron chi connectivity index (χ0n) is 14.4. The van der Waals surface area contributed by atoms with Crippen LogP contribution in [0, 0.1) is 0 Å². The van der Waals surface area contributed by atoms with Gasteiger partial charge in [0, 0.05) is 45.1 Å². The van der Waals surface area contributed by atoms with Gasteiger partial charge in [-0.3, -0.25) is 14.6 Å². The average Bonchev–Trinajstić information content (AvgIpc) is 3.08. The number of piperidine rings is 1. The highest BCUT2D eigenvalue weighted by molar-refractivity contribution is 14.0. The lowest BCUT2D eigenvalue weighted by atomic mass is 10.0. The zero-order valence-corrected chi connectivity index (χ0v) is 16.7. The van der Waals surface area contributed by atoms with Crippen molar-refractivity contribution < 1.29 is 0 Å². The van der Waals surface area contributed by atoms with Crippen molar-refractivity contribution in [3.63, 3.8) is 0 Å². The highest BCUT2D eigenvalue weighted by Crippen LogP contribution is 2.15. The Kier molecular flexibility index (Phi) is 10.3. The fourth-order valence-corrected chi connectivity index (χ4v) is 3.02. The topological polar surface area (TPSA) is 57.5 Å². The monoisotopic (exact) mass is 434 g/mol. The number of nitrogens with one attached hydrogen (secondary N) is 2. The quantitative estimate of drug-likeness (QED) is 0.298. The van der Waals surface area contributed by atoms with Gasteiger partial charge in [-0.1, -0.05) is 13.3 Å². The number of halogens is 1. The summed E-state index contributed by atoms with van der Waals surface area (Å²) >= 11 is 0. The maximum absolute atomic E-state index is 4.31. The number of aliphatic imine (C=N–C) groups is 1. The molecule has 1 fully saturated rings. The van der Waals surface area contributed by atoms with E-state index >= 15 is 0 Å². The van der Waals surface area contributed by atoms with Gasteiger partial charge in [0.1, 0.15) is 0 Å². The lowest BCUT2D eigenvalue weighted by molar-refractivity contribution is 0.157. The number of hydrogen-bond donors (Lipinski definition) is 2. The molecule has 2 rings (SSSR count). The molecule has 1 aromatic heterocycles. The van der Waals surface area contributed by atoms with Crippen molar-refractivity contribution in [3.8, 4) is 0 Å². The van der Waals surface area contributed by atoms with Gasteiger partial charge in [0.15, 0.2) is 5.96 Å². The van der Waals surface area contributed by atoms with Crippen LogP contribution < -0.4 is 10.6 Å². The lowest BCUT2D eigenvalue weighted by Crippen LogP contribution is -2.49. The highest BCUT2D eigenvalue weighted by Gasteiger charge is 2.20. The minimum Gasteiger partial charge on any atom is -0.356 e. The summed E-state index contributed by atoms with van der Waals surface area (Å²) in [5.41, 5.74) is 0. The molecule has 1 aliphatic heterocycles. The molecule has 2 heterocycles. The molecule has 1 aromatic rings. The first-order valence-electron chi connectivity index (χ1n) is 8.49. The van der Waals surface area contributed by atoms with Crippen molar-refractivity contribution in [3.05, 3.63) is 18.5 Å². The van der Waals surface area contributed by atoms with Crippen LogP contribution in [-0.2, 0) is 6.54 Å². The summed E-state index contributed by atoms with van der Waals surface area (Å²) in [6, 6.07) is 2.60. The van der Waals surface area contributed by atoms with Crippen LogP contribution in [0.1, 0.15) is 32.6 Å². The Balaban J connectivity index is 0.00000264. The van der Waals surface area contributed by atoms with E-state index in [1.54, 1.807) is 0 Å². The van der Waals surface area contributed by atoms with E-state index in [4.69, 9.17) is 0 Å². The number of guanidine groups is 1. The molecule has 1 aliphatic rings. The molecule has 0 bridgehead atoms. The van der Waals surface area contributed by atoms with Crippen LogP contribution in [-0.4, -0.2) is 59.9 Å². The Morgan fingerprint density at radius 1 is 1.35 bits per heavy atom. The normalized spacial score (nSPS) is 19.2. The first kappa shape index (κ1) is 20.2. The smallest absolute Gasteiger partial charge is 0.191 e. The van der Waals surface area contributed by atoms with Crippen LogP contribution in [0.4, 0.5) is 0 Å². The van der Waals surface area contributed by atoms with Gasteiger partial charge in [0.05, 0.1) is 0 Å². The number of aryl methyl sites for hydroxylation is 1. The van der Waals surface area contributed by atoms with Crippen LogP contribution in [0.25, 0.3) is 0 Å². The summed E-state index contributed by atoms with van der Waals surface area (Å²) in [6.07, 6.45) is 8.82. The first-order chi connectivity index (χ1) is 10.8. The number of rotatable bonds is 7. The highest BCUT2D eigenvalue weighted by atomic mass is 127. The fourth-order valence-electron chi connectivity index (χ4n) is 3.02. The number of nitrogens with zero attached hydrogens (tertiary/aromatic N) is 4. The maximum atomic E-state index is 4.31. The van der Waals surface area contributed by atoms with E-state index in [1.807, 2.05) is 30.2 Å².